The van der Waals surface area contributed by atoms with Gasteiger partial charge in [-0.15, -0.1) is 0 Å². The number of rotatable bonds is 4. The minimum atomic E-state index is -0.211. The van der Waals surface area contributed by atoms with E-state index in [-0.39, 0.29) is 5.91 Å². The Balaban J connectivity index is 1.81. The number of carbonyl (C=O) groups excluding carboxylic acids is 1. The molecule has 1 amide bonds. The van der Waals surface area contributed by atoms with Gasteiger partial charge in [-0.3, -0.25) is 15.1 Å². The van der Waals surface area contributed by atoms with Gasteiger partial charge in [-0.05, 0) is 44.2 Å². The summed E-state index contributed by atoms with van der Waals surface area (Å²) in [4.78, 5) is 20.7. The number of carbonyl (C=O) groups is 1. The molecule has 1 N–H and O–H groups in total. The van der Waals surface area contributed by atoms with E-state index in [1.807, 2.05) is 38.1 Å². The van der Waals surface area contributed by atoms with Crippen LogP contribution >= 0.6 is 11.3 Å². The van der Waals surface area contributed by atoms with Gasteiger partial charge < -0.3 is 4.74 Å². The van der Waals surface area contributed by atoms with E-state index in [1.165, 1.54) is 11.3 Å². The fourth-order valence-corrected chi connectivity index (χ4v) is 2.88. The molecule has 22 heavy (non-hydrogen) atoms. The van der Waals surface area contributed by atoms with Gasteiger partial charge in [0.15, 0.2) is 5.13 Å². The smallest absolute Gasteiger partial charge is 0.259 e. The first-order valence-corrected chi connectivity index (χ1v) is 7.75. The second-order valence-corrected chi connectivity index (χ2v) is 5.75. The van der Waals surface area contributed by atoms with Gasteiger partial charge in [-0.1, -0.05) is 11.3 Å². The lowest BCUT2D eigenvalue weighted by Crippen LogP contribution is -2.11. The Morgan fingerprint density at radius 2 is 2.18 bits per heavy atom. The van der Waals surface area contributed by atoms with E-state index in [0.717, 1.165) is 21.7 Å². The number of anilines is 1. The average molecular weight is 313 g/mol. The normalized spacial score (nSPS) is 10.6. The summed E-state index contributed by atoms with van der Waals surface area (Å²) in [5.74, 6) is 0.593. The lowest BCUT2D eigenvalue weighted by atomic mass is 10.2. The minimum absolute atomic E-state index is 0.211. The van der Waals surface area contributed by atoms with Crippen molar-refractivity contribution in [3.63, 3.8) is 0 Å². The van der Waals surface area contributed by atoms with E-state index in [1.54, 1.807) is 12.3 Å². The molecule has 0 spiro atoms. The maximum absolute atomic E-state index is 12.2. The van der Waals surface area contributed by atoms with Crippen molar-refractivity contribution in [3.05, 3.63) is 47.8 Å². The number of pyridine rings is 1. The summed E-state index contributed by atoms with van der Waals surface area (Å²) < 4.78 is 6.44. The maximum Gasteiger partial charge on any atom is 0.259 e. The van der Waals surface area contributed by atoms with Crippen molar-refractivity contribution in [1.82, 2.24) is 9.97 Å². The van der Waals surface area contributed by atoms with Gasteiger partial charge >= 0.3 is 0 Å². The number of aryl methyl sites for hydroxylation is 1. The van der Waals surface area contributed by atoms with Crippen molar-refractivity contribution in [1.29, 1.82) is 0 Å². The number of amides is 1. The summed E-state index contributed by atoms with van der Waals surface area (Å²) in [5, 5.41) is 3.37. The summed E-state index contributed by atoms with van der Waals surface area (Å²) in [7, 11) is 0. The summed E-state index contributed by atoms with van der Waals surface area (Å²) in [6.07, 6.45) is 1.56. The van der Waals surface area contributed by atoms with Crippen LogP contribution in [0.1, 0.15) is 23.0 Å². The predicted octanol–water partition coefficient (Wildman–Crippen LogP) is 3.65. The summed E-state index contributed by atoms with van der Waals surface area (Å²) >= 11 is 1.42. The predicted molar refractivity (Wildman–Crippen MR) is 87.7 cm³/mol. The van der Waals surface area contributed by atoms with Gasteiger partial charge in [0.2, 0.25) is 0 Å². The zero-order chi connectivity index (χ0) is 15.5. The van der Waals surface area contributed by atoms with Gasteiger partial charge in [0.25, 0.3) is 5.91 Å². The molecule has 6 heteroatoms. The molecule has 5 nitrogen and oxygen atoms in total. The van der Waals surface area contributed by atoms with Crippen molar-refractivity contribution in [2.75, 3.05) is 11.9 Å². The Morgan fingerprint density at radius 3 is 2.91 bits per heavy atom. The lowest BCUT2D eigenvalue weighted by molar-refractivity contribution is 0.102. The van der Waals surface area contributed by atoms with E-state index in [0.29, 0.717) is 17.3 Å². The second kappa shape index (κ2) is 6.11. The highest BCUT2D eigenvalue weighted by Crippen LogP contribution is 2.29. The monoisotopic (exact) mass is 313 g/mol. The van der Waals surface area contributed by atoms with Crippen molar-refractivity contribution in [2.24, 2.45) is 0 Å². The molecule has 1 aromatic carbocycles. The third-order valence-electron chi connectivity index (χ3n) is 3.06. The fourth-order valence-electron chi connectivity index (χ4n) is 1.99. The third-order valence-corrected chi connectivity index (χ3v) is 4.00. The number of nitrogens with one attached hydrogen (secondary N) is 1. The molecule has 0 unspecified atom stereocenters. The highest BCUT2D eigenvalue weighted by Gasteiger charge is 2.10. The van der Waals surface area contributed by atoms with Crippen LogP contribution < -0.4 is 10.1 Å². The standard InChI is InChI=1S/C16H15N3O2S/c1-3-21-12-6-7-13-14(8-12)22-16(18-13)19-15(20)11-5-4-10(2)17-9-11/h4-9H,3H2,1-2H3,(H,18,19,20). The van der Waals surface area contributed by atoms with Crippen LogP contribution in [0.2, 0.25) is 0 Å². The molecule has 3 rings (SSSR count). The van der Waals surface area contributed by atoms with Crippen LogP contribution in [0.4, 0.5) is 5.13 Å². The molecule has 2 aromatic heterocycles. The molecule has 3 aromatic rings. The Labute approximate surface area is 132 Å². The van der Waals surface area contributed by atoms with Gasteiger partial charge in [-0.2, -0.15) is 0 Å². The van der Waals surface area contributed by atoms with E-state index in [2.05, 4.69) is 15.3 Å². The van der Waals surface area contributed by atoms with Crippen LogP contribution in [0.15, 0.2) is 36.5 Å². The number of hydrogen-bond donors (Lipinski definition) is 1. The maximum atomic E-state index is 12.2. The van der Waals surface area contributed by atoms with Gasteiger partial charge in [0.1, 0.15) is 5.75 Å². The minimum Gasteiger partial charge on any atom is -0.494 e. The van der Waals surface area contributed by atoms with Crippen LogP contribution in [0.5, 0.6) is 5.75 Å². The molecule has 0 saturated carbocycles. The molecule has 0 bridgehead atoms. The van der Waals surface area contributed by atoms with Crippen LogP contribution in [-0.4, -0.2) is 22.5 Å². The SMILES string of the molecule is CCOc1ccc2nc(NC(=O)c3ccc(C)nc3)sc2c1. The number of aromatic nitrogens is 2. The first kappa shape index (κ1) is 14.5. The largest absolute Gasteiger partial charge is 0.494 e. The van der Waals surface area contributed by atoms with Crippen LogP contribution in [0.3, 0.4) is 0 Å². The van der Waals surface area contributed by atoms with Crippen LogP contribution in [0.25, 0.3) is 10.2 Å². The Hall–Kier alpha value is -2.47. The third kappa shape index (κ3) is 3.07. The zero-order valence-corrected chi connectivity index (χ0v) is 13.1. The molecule has 0 aliphatic carbocycles. The molecule has 112 valence electrons. The lowest BCUT2D eigenvalue weighted by Gasteiger charge is -2.01. The van der Waals surface area contributed by atoms with E-state index in [4.69, 9.17) is 4.74 Å². The van der Waals surface area contributed by atoms with Crippen LogP contribution in [-0.2, 0) is 0 Å². The first-order chi connectivity index (χ1) is 10.7. The number of thiazole rings is 1. The summed E-state index contributed by atoms with van der Waals surface area (Å²) in [6, 6.07) is 9.25. The zero-order valence-electron chi connectivity index (χ0n) is 12.3. The van der Waals surface area contributed by atoms with Crippen molar-refractivity contribution in [2.45, 2.75) is 13.8 Å². The number of hydrogen-bond acceptors (Lipinski definition) is 5. The molecule has 0 aliphatic heterocycles. The van der Waals surface area contributed by atoms with Gasteiger partial charge in [0, 0.05) is 11.9 Å². The molecule has 0 saturated heterocycles. The second-order valence-electron chi connectivity index (χ2n) is 4.72. The molecular formula is C16H15N3O2S. The number of fused-ring (bicyclic) bond motifs is 1. The highest BCUT2D eigenvalue weighted by atomic mass is 32.1. The van der Waals surface area contributed by atoms with Crippen LogP contribution in [0, 0.1) is 6.92 Å². The van der Waals surface area contributed by atoms with Crippen molar-refractivity contribution < 1.29 is 9.53 Å². The number of benzene rings is 1. The quantitative estimate of drug-likeness (QED) is 0.798. The van der Waals surface area contributed by atoms with Gasteiger partial charge in [-0.25, -0.2) is 4.98 Å². The van der Waals surface area contributed by atoms with E-state index >= 15 is 0 Å². The van der Waals surface area contributed by atoms with E-state index in [9.17, 15) is 4.79 Å². The van der Waals surface area contributed by atoms with E-state index < -0.39 is 0 Å². The van der Waals surface area contributed by atoms with Crippen molar-refractivity contribution >= 4 is 32.6 Å². The summed E-state index contributed by atoms with van der Waals surface area (Å²) in [5.41, 5.74) is 2.23. The molecule has 2 heterocycles. The molecule has 0 atom stereocenters. The molecule has 0 aliphatic rings. The fraction of sp³-hybridized carbons (Fsp3) is 0.188. The number of ether oxygens (including phenoxy) is 1. The molecule has 0 fully saturated rings. The number of nitrogens with zero attached hydrogens (tertiary/aromatic N) is 2. The molecule has 0 radical (unpaired) electrons. The Bertz CT molecular complexity index is 812. The van der Waals surface area contributed by atoms with Gasteiger partial charge in [0.05, 0.1) is 22.4 Å². The summed E-state index contributed by atoms with van der Waals surface area (Å²) in [6.45, 7) is 4.44. The molecular weight excluding hydrogens is 298 g/mol. The Morgan fingerprint density at radius 1 is 1.32 bits per heavy atom. The average Bonchev–Trinajstić information content (AvgIpc) is 2.89. The topological polar surface area (TPSA) is 64.1 Å². The highest BCUT2D eigenvalue weighted by molar-refractivity contribution is 7.22. The van der Waals surface area contributed by atoms with Crippen molar-refractivity contribution in [3.8, 4) is 5.75 Å². The first-order valence-electron chi connectivity index (χ1n) is 6.93. The Kier molecular flexibility index (Phi) is 4.02.